The average Bonchev–Trinajstić information content (AvgIpc) is 2.64. The number of hydrogen-bond acceptors (Lipinski definition) is 3. The molecule has 5 heteroatoms. The van der Waals surface area contributed by atoms with Crippen LogP contribution in [-0.2, 0) is 0 Å². The number of halogens is 1. The zero-order valence-electron chi connectivity index (χ0n) is 10.2. The molecule has 2 unspecified atom stereocenters. The molecule has 1 aromatic rings. The van der Waals surface area contributed by atoms with Crippen molar-refractivity contribution in [2.24, 2.45) is 0 Å². The fourth-order valence-electron chi connectivity index (χ4n) is 2.15. The van der Waals surface area contributed by atoms with Gasteiger partial charge in [-0.15, -0.1) is 12.4 Å². The summed E-state index contributed by atoms with van der Waals surface area (Å²) in [6.45, 7) is 4.91. The molecule has 1 aromatic heterocycles. The third-order valence-electron chi connectivity index (χ3n) is 3.06. The van der Waals surface area contributed by atoms with Crippen molar-refractivity contribution in [3.8, 4) is 0 Å². The molecule has 0 aliphatic carbocycles. The molecule has 0 spiro atoms. The topological polar surface area (TPSA) is 54.3 Å². The Morgan fingerprint density at radius 1 is 1.59 bits per heavy atom. The molecule has 0 radical (unpaired) electrons. The summed E-state index contributed by atoms with van der Waals surface area (Å²) in [5.74, 6) is 0.657. The van der Waals surface area contributed by atoms with Gasteiger partial charge in [-0.25, -0.2) is 0 Å². The van der Waals surface area contributed by atoms with Gasteiger partial charge in [0.15, 0.2) is 0 Å². The normalized spacial score (nSPS) is 23.9. The van der Waals surface area contributed by atoms with Gasteiger partial charge in [0.2, 0.25) is 0 Å². The minimum Gasteiger partial charge on any atom is -0.469 e. The monoisotopic (exact) mass is 258 g/mol. The summed E-state index contributed by atoms with van der Waals surface area (Å²) in [5, 5.41) is 6.42. The SMILES string of the molecule is Cc1occc1C(=O)NC1CCNC(C)C1.Cl. The minimum absolute atomic E-state index is 0. The molecule has 1 aliphatic rings. The smallest absolute Gasteiger partial charge is 0.255 e. The van der Waals surface area contributed by atoms with Crippen LogP contribution in [0.15, 0.2) is 16.7 Å². The van der Waals surface area contributed by atoms with Gasteiger partial charge in [0, 0.05) is 12.1 Å². The highest BCUT2D eigenvalue weighted by atomic mass is 35.5. The van der Waals surface area contributed by atoms with Gasteiger partial charge >= 0.3 is 0 Å². The maximum Gasteiger partial charge on any atom is 0.255 e. The molecule has 2 atom stereocenters. The highest BCUT2D eigenvalue weighted by molar-refractivity contribution is 5.95. The summed E-state index contributed by atoms with van der Waals surface area (Å²) in [7, 11) is 0. The summed E-state index contributed by atoms with van der Waals surface area (Å²) in [6, 6.07) is 2.47. The predicted molar refractivity (Wildman–Crippen MR) is 68.6 cm³/mol. The van der Waals surface area contributed by atoms with E-state index in [0.29, 0.717) is 17.4 Å². The molecular formula is C12H19ClN2O2. The van der Waals surface area contributed by atoms with Crippen molar-refractivity contribution in [3.05, 3.63) is 23.7 Å². The van der Waals surface area contributed by atoms with Crippen LogP contribution in [0, 0.1) is 6.92 Å². The van der Waals surface area contributed by atoms with Gasteiger partial charge in [0.25, 0.3) is 5.91 Å². The van der Waals surface area contributed by atoms with Crippen LogP contribution in [0.2, 0.25) is 0 Å². The molecule has 2 rings (SSSR count). The second kappa shape index (κ2) is 6.07. The Morgan fingerprint density at radius 3 is 2.94 bits per heavy atom. The third-order valence-corrected chi connectivity index (χ3v) is 3.06. The number of nitrogens with one attached hydrogen (secondary N) is 2. The second-order valence-electron chi connectivity index (χ2n) is 4.44. The van der Waals surface area contributed by atoms with Gasteiger partial charge in [-0.3, -0.25) is 4.79 Å². The quantitative estimate of drug-likeness (QED) is 0.852. The van der Waals surface area contributed by atoms with Crippen molar-refractivity contribution < 1.29 is 9.21 Å². The van der Waals surface area contributed by atoms with E-state index in [4.69, 9.17) is 4.42 Å². The number of carbonyl (C=O) groups excluding carboxylic acids is 1. The Kier molecular flexibility index (Phi) is 5.02. The Morgan fingerprint density at radius 2 is 2.35 bits per heavy atom. The van der Waals surface area contributed by atoms with Gasteiger partial charge < -0.3 is 15.1 Å². The molecule has 1 saturated heterocycles. The third kappa shape index (κ3) is 3.48. The number of aryl methyl sites for hydroxylation is 1. The minimum atomic E-state index is -0.0228. The Hall–Kier alpha value is -1.00. The van der Waals surface area contributed by atoms with E-state index >= 15 is 0 Å². The standard InChI is InChI=1S/C12H18N2O2.ClH/c1-8-7-10(3-5-13-8)14-12(15)11-4-6-16-9(11)2;/h4,6,8,10,13H,3,5,7H2,1-2H3,(H,14,15);1H. The molecule has 4 nitrogen and oxygen atoms in total. The number of rotatable bonds is 2. The highest BCUT2D eigenvalue weighted by Crippen LogP contribution is 2.12. The molecule has 2 N–H and O–H groups in total. The Labute approximate surface area is 108 Å². The Bertz CT molecular complexity index is 378. The molecular weight excluding hydrogens is 240 g/mol. The molecule has 0 saturated carbocycles. The van der Waals surface area contributed by atoms with Crippen LogP contribution in [0.25, 0.3) is 0 Å². The van der Waals surface area contributed by atoms with Crippen LogP contribution in [0.4, 0.5) is 0 Å². The van der Waals surface area contributed by atoms with Crippen molar-refractivity contribution in [2.75, 3.05) is 6.54 Å². The van der Waals surface area contributed by atoms with Crippen LogP contribution in [0.1, 0.15) is 35.9 Å². The fourth-order valence-corrected chi connectivity index (χ4v) is 2.15. The van der Waals surface area contributed by atoms with Gasteiger partial charge in [0.1, 0.15) is 5.76 Å². The lowest BCUT2D eigenvalue weighted by Gasteiger charge is -2.28. The molecule has 1 aliphatic heterocycles. The lowest BCUT2D eigenvalue weighted by molar-refractivity contribution is 0.0924. The maximum atomic E-state index is 11.9. The van der Waals surface area contributed by atoms with E-state index < -0.39 is 0 Å². The van der Waals surface area contributed by atoms with Crippen molar-refractivity contribution in [3.63, 3.8) is 0 Å². The predicted octanol–water partition coefficient (Wildman–Crippen LogP) is 1.88. The number of carbonyl (C=O) groups is 1. The first-order chi connectivity index (χ1) is 7.66. The van der Waals surface area contributed by atoms with E-state index in [2.05, 4.69) is 17.6 Å². The molecule has 0 aromatic carbocycles. The van der Waals surface area contributed by atoms with Crippen molar-refractivity contribution in [1.29, 1.82) is 0 Å². The van der Waals surface area contributed by atoms with E-state index in [-0.39, 0.29) is 24.4 Å². The lowest BCUT2D eigenvalue weighted by atomic mass is 10.0. The van der Waals surface area contributed by atoms with E-state index in [0.717, 1.165) is 19.4 Å². The molecule has 0 bridgehead atoms. The van der Waals surface area contributed by atoms with Crippen LogP contribution in [0.5, 0.6) is 0 Å². The first kappa shape index (κ1) is 14.1. The molecule has 1 amide bonds. The summed E-state index contributed by atoms with van der Waals surface area (Å²) >= 11 is 0. The summed E-state index contributed by atoms with van der Waals surface area (Å²) in [4.78, 5) is 11.9. The van der Waals surface area contributed by atoms with Crippen LogP contribution >= 0.6 is 12.4 Å². The van der Waals surface area contributed by atoms with Crippen molar-refractivity contribution >= 4 is 18.3 Å². The first-order valence-electron chi connectivity index (χ1n) is 5.75. The molecule has 96 valence electrons. The zero-order chi connectivity index (χ0) is 11.5. The van der Waals surface area contributed by atoms with Crippen LogP contribution in [0.3, 0.4) is 0 Å². The van der Waals surface area contributed by atoms with Gasteiger partial charge in [-0.2, -0.15) is 0 Å². The van der Waals surface area contributed by atoms with Crippen LogP contribution < -0.4 is 10.6 Å². The highest BCUT2D eigenvalue weighted by Gasteiger charge is 2.21. The van der Waals surface area contributed by atoms with Gasteiger partial charge in [0.05, 0.1) is 11.8 Å². The van der Waals surface area contributed by atoms with E-state index in [1.165, 1.54) is 0 Å². The summed E-state index contributed by atoms with van der Waals surface area (Å²) in [5.41, 5.74) is 0.645. The molecule has 2 heterocycles. The van der Waals surface area contributed by atoms with Crippen molar-refractivity contribution in [1.82, 2.24) is 10.6 Å². The summed E-state index contributed by atoms with van der Waals surface area (Å²) < 4.78 is 5.12. The average molecular weight is 259 g/mol. The number of piperidine rings is 1. The van der Waals surface area contributed by atoms with E-state index in [1.54, 1.807) is 19.3 Å². The van der Waals surface area contributed by atoms with E-state index in [9.17, 15) is 4.79 Å². The zero-order valence-corrected chi connectivity index (χ0v) is 11.0. The van der Waals surface area contributed by atoms with E-state index in [1.807, 2.05) is 0 Å². The second-order valence-corrected chi connectivity index (χ2v) is 4.44. The van der Waals surface area contributed by atoms with Crippen LogP contribution in [-0.4, -0.2) is 24.5 Å². The number of hydrogen-bond donors (Lipinski definition) is 2. The molecule has 17 heavy (non-hydrogen) atoms. The number of amides is 1. The molecule has 1 fully saturated rings. The first-order valence-corrected chi connectivity index (χ1v) is 5.75. The van der Waals surface area contributed by atoms with Gasteiger partial charge in [-0.05, 0) is 39.3 Å². The Balaban J connectivity index is 0.00000144. The van der Waals surface area contributed by atoms with Gasteiger partial charge in [-0.1, -0.05) is 0 Å². The summed E-state index contributed by atoms with van der Waals surface area (Å²) in [6.07, 6.45) is 3.53. The maximum absolute atomic E-state index is 11.9. The largest absolute Gasteiger partial charge is 0.469 e. The van der Waals surface area contributed by atoms with Crippen molar-refractivity contribution in [2.45, 2.75) is 38.8 Å². The lowest BCUT2D eigenvalue weighted by Crippen LogP contribution is -2.46. The number of furan rings is 1. The fraction of sp³-hybridized carbons (Fsp3) is 0.583.